The first-order valence-electron chi connectivity index (χ1n) is 7.52. The van der Waals surface area contributed by atoms with E-state index in [1.54, 1.807) is 6.07 Å². The Morgan fingerprint density at radius 2 is 1.92 bits per heavy atom. The lowest BCUT2D eigenvalue weighted by Gasteiger charge is -2.17. The van der Waals surface area contributed by atoms with Crippen LogP contribution in [0, 0.1) is 5.82 Å². The Morgan fingerprint density at radius 1 is 1.24 bits per heavy atom. The summed E-state index contributed by atoms with van der Waals surface area (Å²) < 4.78 is 39.4. The van der Waals surface area contributed by atoms with Gasteiger partial charge in [-0.25, -0.2) is 17.1 Å². The number of thiophene rings is 1. The number of nitrogens with zero attached hydrogens (tertiary/aromatic N) is 1. The number of rotatable bonds is 8. The van der Waals surface area contributed by atoms with Crippen LogP contribution in [0.4, 0.5) is 4.39 Å². The molecule has 1 heterocycles. The summed E-state index contributed by atoms with van der Waals surface area (Å²) in [6.07, 6.45) is 0.594. The summed E-state index contributed by atoms with van der Waals surface area (Å²) in [5.74, 6) is -0.651. The monoisotopic (exact) mass is 404 g/mol. The van der Waals surface area contributed by atoms with Gasteiger partial charge in [-0.15, -0.1) is 11.3 Å². The number of carbonyl (C=O) groups excluding carboxylic acids is 1. The van der Waals surface area contributed by atoms with Crippen molar-refractivity contribution in [1.82, 2.24) is 9.62 Å². The molecule has 0 unspecified atom stereocenters. The maximum atomic E-state index is 12.9. The zero-order valence-corrected chi connectivity index (χ0v) is 15.9. The number of hydrogen-bond acceptors (Lipinski definition) is 4. The zero-order valence-electron chi connectivity index (χ0n) is 13.5. The summed E-state index contributed by atoms with van der Waals surface area (Å²) in [7, 11) is -2.25. The number of sulfonamides is 1. The molecule has 0 saturated carbocycles. The van der Waals surface area contributed by atoms with E-state index in [4.69, 9.17) is 11.6 Å². The van der Waals surface area contributed by atoms with Gasteiger partial charge in [-0.3, -0.25) is 4.79 Å². The Hall–Kier alpha value is -1.48. The third-order valence-corrected chi connectivity index (χ3v) is 6.59. The lowest BCUT2D eigenvalue weighted by Crippen LogP contribution is -2.29. The zero-order chi connectivity index (χ0) is 18.4. The van der Waals surface area contributed by atoms with E-state index in [9.17, 15) is 17.6 Å². The van der Waals surface area contributed by atoms with Crippen LogP contribution in [0.2, 0.25) is 4.34 Å². The highest BCUT2D eigenvalue weighted by Crippen LogP contribution is 2.21. The van der Waals surface area contributed by atoms with Gasteiger partial charge in [0.05, 0.1) is 15.8 Å². The molecular weight excluding hydrogens is 387 g/mol. The Balaban J connectivity index is 1.78. The lowest BCUT2D eigenvalue weighted by molar-refractivity contribution is -0.121. The van der Waals surface area contributed by atoms with Gasteiger partial charge in [0.2, 0.25) is 15.9 Å². The fourth-order valence-electron chi connectivity index (χ4n) is 2.09. The highest BCUT2D eigenvalue weighted by atomic mass is 35.5. The van der Waals surface area contributed by atoms with E-state index in [2.05, 4.69) is 5.32 Å². The molecule has 1 amide bonds. The maximum absolute atomic E-state index is 12.9. The van der Waals surface area contributed by atoms with Crippen LogP contribution < -0.4 is 5.32 Å². The number of amides is 1. The summed E-state index contributed by atoms with van der Waals surface area (Å²) in [6.45, 7) is 0.595. The average Bonchev–Trinajstić information content (AvgIpc) is 2.98. The molecule has 0 atom stereocenters. The van der Waals surface area contributed by atoms with Crippen molar-refractivity contribution >= 4 is 38.9 Å². The van der Waals surface area contributed by atoms with Crippen molar-refractivity contribution in [2.24, 2.45) is 0 Å². The Bertz CT molecular complexity index is 822. The van der Waals surface area contributed by atoms with Gasteiger partial charge >= 0.3 is 0 Å². The van der Waals surface area contributed by atoms with Gasteiger partial charge in [-0.2, -0.15) is 0 Å². The predicted molar refractivity (Wildman–Crippen MR) is 96.6 cm³/mol. The molecule has 0 aliphatic rings. The molecule has 0 radical (unpaired) electrons. The largest absolute Gasteiger partial charge is 0.351 e. The number of nitrogens with one attached hydrogen (secondary N) is 1. The minimum atomic E-state index is -3.68. The molecule has 0 saturated heterocycles. The van der Waals surface area contributed by atoms with Crippen LogP contribution >= 0.6 is 22.9 Å². The van der Waals surface area contributed by atoms with Crippen LogP contribution in [0.15, 0.2) is 41.3 Å². The van der Waals surface area contributed by atoms with Gasteiger partial charge in [0, 0.05) is 24.9 Å². The van der Waals surface area contributed by atoms with Gasteiger partial charge in [0.1, 0.15) is 5.82 Å². The van der Waals surface area contributed by atoms with Gasteiger partial charge in [-0.05, 0) is 42.8 Å². The molecule has 1 N–H and O–H groups in total. The van der Waals surface area contributed by atoms with E-state index < -0.39 is 15.8 Å². The fourth-order valence-corrected chi connectivity index (χ4v) is 4.33. The summed E-state index contributed by atoms with van der Waals surface area (Å²) >= 11 is 7.22. The molecule has 0 aliphatic carbocycles. The highest BCUT2D eigenvalue weighted by Gasteiger charge is 2.20. The summed E-state index contributed by atoms with van der Waals surface area (Å²) in [5, 5.41) is 2.77. The first-order chi connectivity index (χ1) is 11.8. The van der Waals surface area contributed by atoms with Crippen LogP contribution in [-0.2, 0) is 21.4 Å². The minimum absolute atomic E-state index is 0.0235. The van der Waals surface area contributed by atoms with Crippen LogP contribution in [0.3, 0.4) is 0 Å². The second kappa shape index (κ2) is 8.75. The van der Waals surface area contributed by atoms with E-state index >= 15 is 0 Å². The number of carbonyl (C=O) groups is 1. The van der Waals surface area contributed by atoms with E-state index in [1.807, 2.05) is 6.07 Å². The SMILES string of the molecule is CN(CCCC(=O)NCc1ccc(Cl)s1)S(=O)(=O)c1ccc(F)cc1. The van der Waals surface area contributed by atoms with Crippen molar-refractivity contribution in [3.63, 3.8) is 0 Å². The highest BCUT2D eigenvalue weighted by molar-refractivity contribution is 7.89. The van der Waals surface area contributed by atoms with Gasteiger partial charge in [0.25, 0.3) is 0 Å². The average molecular weight is 405 g/mol. The fraction of sp³-hybridized carbons (Fsp3) is 0.312. The van der Waals surface area contributed by atoms with Crippen LogP contribution in [0.5, 0.6) is 0 Å². The van der Waals surface area contributed by atoms with Gasteiger partial charge < -0.3 is 5.32 Å². The Kier molecular flexibility index (Phi) is 6.95. The smallest absolute Gasteiger partial charge is 0.242 e. The molecule has 2 rings (SSSR count). The van der Waals surface area contributed by atoms with Crippen molar-refractivity contribution in [3.05, 3.63) is 51.4 Å². The standard InChI is InChI=1S/C16H18ClFN2O3S2/c1-20(25(22,23)14-7-4-12(18)5-8-14)10-2-3-16(21)19-11-13-6-9-15(17)24-13/h4-9H,2-3,10-11H2,1H3,(H,19,21). The lowest BCUT2D eigenvalue weighted by atomic mass is 10.3. The molecule has 0 fully saturated rings. The Labute approximate surface area is 155 Å². The van der Waals surface area contributed by atoms with E-state index in [-0.39, 0.29) is 23.8 Å². The predicted octanol–water partition coefficient (Wildman–Crippen LogP) is 3.26. The number of hydrogen-bond donors (Lipinski definition) is 1. The van der Waals surface area contributed by atoms with Crippen LogP contribution in [0.25, 0.3) is 0 Å². The van der Waals surface area contributed by atoms with Crippen LogP contribution in [-0.4, -0.2) is 32.2 Å². The second-order valence-corrected chi connectivity index (χ2v) is 9.21. The minimum Gasteiger partial charge on any atom is -0.351 e. The molecule has 0 spiro atoms. The van der Waals surface area contributed by atoms with Crippen molar-refractivity contribution in [1.29, 1.82) is 0 Å². The molecule has 0 bridgehead atoms. The molecular formula is C16H18ClFN2O3S2. The molecule has 0 aliphatic heterocycles. The first-order valence-corrected chi connectivity index (χ1v) is 10.2. The van der Waals surface area contributed by atoms with Gasteiger partial charge in [0.15, 0.2) is 0 Å². The third-order valence-electron chi connectivity index (χ3n) is 3.49. The molecule has 9 heteroatoms. The molecule has 1 aromatic heterocycles. The van der Waals surface area contributed by atoms with Crippen molar-refractivity contribution in [2.45, 2.75) is 24.3 Å². The molecule has 2 aromatic rings. The molecule has 1 aromatic carbocycles. The number of benzene rings is 1. The second-order valence-electron chi connectivity index (χ2n) is 5.37. The quantitative estimate of drug-likeness (QED) is 0.734. The van der Waals surface area contributed by atoms with E-state index in [0.29, 0.717) is 17.3 Å². The topological polar surface area (TPSA) is 66.5 Å². The number of halogens is 2. The molecule has 136 valence electrons. The summed E-state index contributed by atoms with van der Waals surface area (Å²) in [4.78, 5) is 12.8. The third kappa shape index (κ3) is 5.78. The molecule has 25 heavy (non-hydrogen) atoms. The maximum Gasteiger partial charge on any atom is 0.242 e. The van der Waals surface area contributed by atoms with Crippen molar-refractivity contribution in [3.8, 4) is 0 Å². The van der Waals surface area contributed by atoms with Gasteiger partial charge in [-0.1, -0.05) is 11.6 Å². The van der Waals surface area contributed by atoms with Crippen molar-refractivity contribution in [2.75, 3.05) is 13.6 Å². The van der Waals surface area contributed by atoms with E-state index in [0.717, 1.165) is 21.3 Å². The first kappa shape index (κ1) is 19.8. The van der Waals surface area contributed by atoms with Crippen LogP contribution in [0.1, 0.15) is 17.7 Å². The normalized spacial score (nSPS) is 11.7. The summed E-state index contributed by atoms with van der Waals surface area (Å²) in [5.41, 5.74) is 0. The summed E-state index contributed by atoms with van der Waals surface area (Å²) in [6, 6.07) is 8.26. The van der Waals surface area contributed by atoms with E-state index in [1.165, 1.54) is 30.5 Å². The molecule has 5 nitrogen and oxygen atoms in total. The van der Waals surface area contributed by atoms with Crippen molar-refractivity contribution < 1.29 is 17.6 Å². The Morgan fingerprint density at radius 3 is 2.52 bits per heavy atom.